The molecule has 1 heterocycles. The summed E-state index contributed by atoms with van der Waals surface area (Å²) >= 11 is 0. The van der Waals surface area contributed by atoms with Crippen molar-refractivity contribution in [2.45, 2.75) is 13.8 Å². The van der Waals surface area contributed by atoms with Crippen molar-refractivity contribution in [3.63, 3.8) is 0 Å². The van der Waals surface area contributed by atoms with Gasteiger partial charge in [0.05, 0.1) is 13.2 Å². The molecule has 0 aliphatic carbocycles. The number of hydrogen-bond acceptors (Lipinski definition) is 4. The highest BCUT2D eigenvalue weighted by Gasteiger charge is 2.17. The van der Waals surface area contributed by atoms with Gasteiger partial charge in [-0.2, -0.15) is 0 Å². The molecule has 21 heavy (non-hydrogen) atoms. The van der Waals surface area contributed by atoms with Crippen LogP contribution in [0.15, 0.2) is 18.3 Å². The fraction of sp³-hybridized carbons (Fsp3) is 0.500. The third kappa shape index (κ3) is 5.94. The largest absolute Gasteiger partial charge is 0.383 e. The zero-order chi connectivity index (χ0) is 15.7. The molecule has 0 fully saturated rings. The summed E-state index contributed by atoms with van der Waals surface area (Å²) in [6, 6.07) is 3.48. The predicted octanol–water partition coefficient (Wildman–Crippen LogP) is 1.14. The molecule has 0 saturated carbocycles. The van der Waals surface area contributed by atoms with E-state index in [9.17, 15) is 4.79 Å². The van der Waals surface area contributed by atoms with Crippen molar-refractivity contribution in [3.05, 3.63) is 29.6 Å². The maximum absolute atomic E-state index is 12.5. The molecule has 5 nitrogen and oxygen atoms in total. The fourth-order valence-electron chi connectivity index (χ4n) is 1.83. The Labute approximate surface area is 126 Å². The number of pyridine rings is 1. The van der Waals surface area contributed by atoms with Crippen molar-refractivity contribution >= 4 is 5.91 Å². The van der Waals surface area contributed by atoms with Crippen molar-refractivity contribution in [3.8, 4) is 11.8 Å². The van der Waals surface area contributed by atoms with Crippen LogP contribution in [0.5, 0.6) is 0 Å². The second-order valence-electron chi connectivity index (χ2n) is 5.08. The zero-order valence-corrected chi connectivity index (χ0v) is 12.9. The van der Waals surface area contributed by atoms with Crippen molar-refractivity contribution in [2.24, 2.45) is 11.7 Å². The molecular formula is C16H23N3O2. The number of amides is 1. The summed E-state index contributed by atoms with van der Waals surface area (Å²) in [5.74, 6) is 5.94. The van der Waals surface area contributed by atoms with Crippen molar-refractivity contribution < 1.29 is 9.53 Å². The number of nitrogens with zero attached hydrogens (tertiary/aromatic N) is 2. The van der Waals surface area contributed by atoms with E-state index in [0.717, 1.165) is 5.56 Å². The summed E-state index contributed by atoms with van der Waals surface area (Å²) in [6.07, 6.45) is 1.60. The molecule has 2 N–H and O–H groups in total. The normalized spacial score (nSPS) is 10.1. The van der Waals surface area contributed by atoms with Crippen LogP contribution in [0.1, 0.15) is 29.9 Å². The van der Waals surface area contributed by atoms with Crippen LogP contribution in [0.25, 0.3) is 0 Å². The molecule has 1 rings (SSSR count). The number of carbonyl (C=O) groups excluding carboxylic acids is 1. The highest BCUT2D eigenvalue weighted by molar-refractivity contribution is 5.92. The van der Waals surface area contributed by atoms with E-state index in [2.05, 4.69) is 30.7 Å². The number of hydrogen-bond donors (Lipinski definition) is 1. The first kappa shape index (κ1) is 17.2. The summed E-state index contributed by atoms with van der Waals surface area (Å²) in [5.41, 5.74) is 6.50. The molecule has 0 atom stereocenters. The van der Waals surface area contributed by atoms with Gasteiger partial charge in [0.2, 0.25) is 0 Å². The minimum atomic E-state index is -0.0842. The Hall–Kier alpha value is -1.90. The minimum Gasteiger partial charge on any atom is -0.383 e. The molecule has 0 aliphatic rings. The van der Waals surface area contributed by atoms with Gasteiger partial charge in [-0.3, -0.25) is 4.79 Å². The van der Waals surface area contributed by atoms with Crippen LogP contribution >= 0.6 is 0 Å². The quantitative estimate of drug-likeness (QED) is 0.797. The molecule has 0 spiro atoms. The lowest BCUT2D eigenvalue weighted by Crippen LogP contribution is -2.37. The molecule has 0 unspecified atom stereocenters. The predicted molar refractivity (Wildman–Crippen MR) is 82.8 cm³/mol. The fourth-order valence-corrected chi connectivity index (χ4v) is 1.83. The Kier molecular flexibility index (Phi) is 7.44. The first-order valence-corrected chi connectivity index (χ1v) is 7.01. The van der Waals surface area contributed by atoms with Gasteiger partial charge in [0.25, 0.3) is 5.91 Å². The van der Waals surface area contributed by atoms with Gasteiger partial charge in [0.1, 0.15) is 5.69 Å². The number of rotatable bonds is 6. The molecule has 0 radical (unpaired) electrons. The molecule has 0 aromatic carbocycles. The third-order valence-corrected chi connectivity index (χ3v) is 2.76. The average molecular weight is 289 g/mol. The van der Waals surface area contributed by atoms with Gasteiger partial charge in [0, 0.05) is 32.0 Å². The molecule has 5 heteroatoms. The Balaban J connectivity index is 2.82. The summed E-state index contributed by atoms with van der Waals surface area (Å²) in [7, 11) is 1.63. The lowest BCUT2D eigenvalue weighted by Gasteiger charge is -2.23. The summed E-state index contributed by atoms with van der Waals surface area (Å²) in [4.78, 5) is 18.4. The van der Waals surface area contributed by atoms with Gasteiger partial charge in [-0.25, -0.2) is 4.98 Å². The second kappa shape index (κ2) is 9.11. The topological polar surface area (TPSA) is 68.5 Å². The lowest BCUT2D eigenvalue weighted by molar-refractivity contribution is 0.0666. The second-order valence-corrected chi connectivity index (χ2v) is 5.08. The van der Waals surface area contributed by atoms with Gasteiger partial charge in [-0.1, -0.05) is 25.7 Å². The molecular weight excluding hydrogens is 266 g/mol. The van der Waals surface area contributed by atoms with E-state index in [1.807, 2.05) is 0 Å². The number of ether oxygens (including phenoxy) is 1. The number of methoxy groups -OCH3 is 1. The van der Waals surface area contributed by atoms with Crippen LogP contribution < -0.4 is 5.73 Å². The molecule has 114 valence electrons. The van der Waals surface area contributed by atoms with Crippen LogP contribution in [-0.2, 0) is 4.74 Å². The van der Waals surface area contributed by atoms with Crippen LogP contribution in [0.3, 0.4) is 0 Å². The van der Waals surface area contributed by atoms with E-state index in [1.54, 1.807) is 30.3 Å². The lowest BCUT2D eigenvalue weighted by atomic mass is 10.2. The Morgan fingerprint density at radius 3 is 2.76 bits per heavy atom. The van der Waals surface area contributed by atoms with Crippen LogP contribution in [0, 0.1) is 17.8 Å². The zero-order valence-electron chi connectivity index (χ0n) is 12.9. The summed E-state index contributed by atoms with van der Waals surface area (Å²) in [6.45, 7) is 6.21. The van der Waals surface area contributed by atoms with E-state index in [-0.39, 0.29) is 5.91 Å². The van der Waals surface area contributed by atoms with Crippen LogP contribution in [0.4, 0.5) is 0 Å². The van der Waals surface area contributed by atoms with E-state index < -0.39 is 0 Å². The summed E-state index contributed by atoms with van der Waals surface area (Å²) in [5, 5.41) is 0. The number of aromatic nitrogens is 1. The summed E-state index contributed by atoms with van der Waals surface area (Å²) < 4.78 is 5.06. The van der Waals surface area contributed by atoms with Crippen molar-refractivity contribution in [1.29, 1.82) is 0 Å². The molecule has 0 bridgehead atoms. The van der Waals surface area contributed by atoms with E-state index in [1.165, 1.54) is 0 Å². The van der Waals surface area contributed by atoms with Gasteiger partial charge in [-0.05, 0) is 18.1 Å². The first-order valence-electron chi connectivity index (χ1n) is 7.01. The highest BCUT2D eigenvalue weighted by atomic mass is 16.5. The maximum Gasteiger partial charge on any atom is 0.272 e. The Morgan fingerprint density at radius 2 is 2.24 bits per heavy atom. The van der Waals surface area contributed by atoms with Gasteiger partial charge in [0.15, 0.2) is 0 Å². The van der Waals surface area contributed by atoms with Gasteiger partial charge < -0.3 is 15.4 Å². The molecule has 1 aromatic rings. The molecule has 1 amide bonds. The van der Waals surface area contributed by atoms with Gasteiger partial charge in [-0.15, -0.1) is 0 Å². The molecule has 1 aromatic heterocycles. The monoisotopic (exact) mass is 289 g/mol. The maximum atomic E-state index is 12.5. The van der Waals surface area contributed by atoms with E-state index in [4.69, 9.17) is 10.5 Å². The third-order valence-electron chi connectivity index (χ3n) is 2.76. The highest BCUT2D eigenvalue weighted by Crippen LogP contribution is 2.07. The number of carbonyl (C=O) groups is 1. The SMILES string of the molecule is COCCN(CC(C)C)C(=O)c1ccc(C#CCN)cn1. The number of nitrogens with two attached hydrogens (primary N) is 1. The Morgan fingerprint density at radius 1 is 1.48 bits per heavy atom. The van der Waals surface area contributed by atoms with E-state index in [0.29, 0.717) is 37.9 Å². The van der Waals surface area contributed by atoms with E-state index >= 15 is 0 Å². The van der Waals surface area contributed by atoms with Crippen molar-refractivity contribution in [2.75, 3.05) is 33.4 Å². The smallest absolute Gasteiger partial charge is 0.272 e. The first-order chi connectivity index (χ1) is 10.1. The minimum absolute atomic E-state index is 0.0842. The van der Waals surface area contributed by atoms with Crippen LogP contribution in [-0.4, -0.2) is 49.1 Å². The van der Waals surface area contributed by atoms with Gasteiger partial charge >= 0.3 is 0 Å². The van der Waals surface area contributed by atoms with Crippen LogP contribution in [0.2, 0.25) is 0 Å². The Bertz CT molecular complexity index is 500. The standard InChI is InChI=1S/C16H23N3O2/c1-13(2)12-19(9-10-21-3)16(20)15-7-6-14(11-18-15)5-4-8-17/h6-7,11,13H,8-10,12,17H2,1-3H3. The molecule has 0 aliphatic heterocycles. The average Bonchev–Trinajstić information content (AvgIpc) is 2.49. The molecule has 0 saturated heterocycles. The van der Waals surface area contributed by atoms with Crippen molar-refractivity contribution in [1.82, 2.24) is 9.88 Å².